The van der Waals surface area contributed by atoms with Gasteiger partial charge in [0.1, 0.15) is 0 Å². The molecule has 110 valence electrons. The van der Waals surface area contributed by atoms with E-state index in [2.05, 4.69) is 15.6 Å². The van der Waals surface area contributed by atoms with Crippen LogP contribution in [-0.4, -0.2) is 17.9 Å². The van der Waals surface area contributed by atoms with Crippen LogP contribution in [0.15, 0.2) is 36.7 Å². The highest BCUT2D eigenvalue weighted by atomic mass is 35.5. The van der Waals surface area contributed by atoms with Gasteiger partial charge in [-0.3, -0.25) is 9.78 Å². The van der Waals surface area contributed by atoms with Crippen LogP contribution in [0.2, 0.25) is 10.0 Å². The lowest BCUT2D eigenvalue weighted by Crippen LogP contribution is -2.27. The molecule has 21 heavy (non-hydrogen) atoms. The highest BCUT2D eigenvalue weighted by molar-refractivity contribution is 6.35. The number of halogens is 2. The molecule has 0 aliphatic carbocycles. The third kappa shape index (κ3) is 3.65. The van der Waals surface area contributed by atoms with E-state index in [1.165, 1.54) is 0 Å². The molecule has 0 aliphatic heterocycles. The standard InChI is InChI=1S/C15H15Cl2N3O/c1-9(11-4-3-10(16)7-13(11)17)20-15(21)12-5-6-19-8-14(12)18-2/h3-9,18H,1-2H3,(H,20,21). The summed E-state index contributed by atoms with van der Waals surface area (Å²) in [6, 6.07) is 6.64. The van der Waals surface area contributed by atoms with Crippen molar-refractivity contribution >= 4 is 34.8 Å². The van der Waals surface area contributed by atoms with Crippen LogP contribution in [0, 0.1) is 0 Å². The maximum atomic E-state index is 12.3. The van der Waals surface area contributed by atoms with Crippen molar-refractivity contribution in [2.75, 3.05) is 12.4 Å². The van der Waals surface area contributed by atoms with Gasteiger partial charge in [-0.1, -0.05) is 29.3 Å². The first-order valence-corrected chi connectivity index (χ1v) is 7.16. The Morgan fingerprint density at radius 1 is 1.29 bits per heavy atom. The Bertz CT molecular complexity index is 661. The highest BCUT2D eigenvalue weighted by Crippen LogP contribution is 2.26. The zero-order valence-corrected chi connectivity index (χ0v) is 13.2. The molecule has 1 atom stereocenters. The van der Waals surface area contributed by atoms with Gasteiger partial charge >= 0.3 is 0 Å². The molecule has 1 aromatic carbocycles. The van der Waals surface area contributed by atoms with Gasteiger partial charge in [0.2, 0.25) is 0 Å². The van der Waals surface area contributed by atoms with Gasteiger partial charge in [-0.2, -0.15) is 0 Å². The average molecular weight is 324 g/mol. The number of rotatable bonds is 4. The molecule has 2 aromatic rings. The Morgan fingerprint density at radius 2 is 2.05 bits per heavy atom. The van der Waals surface area contributed by atoms with Crippen LogP contribution < -0.4 is 10.6 Å². The number of pyridine rings is 1. The summed E-state index contributed by atoms with van der Waals surface area (Å²) in [5, 5.41) is 6.95. The summed E-state index contributed by atoms with van der Waals surface area (Å²) in [5.41, 5.74) is 2.02. The van der Waals surface area contributed by atoms with Gasteiger partial charge in [-0.15, -0.1) is 0 Å². The van der Waals surface area contributed by atoms with Crippen LogP contribution >= 0.6 is 23.2 Å². The fourth-order valence-electron chi connectivity index (χ4n) is 2.00. The number of carbonyl (C=O) groups is 1. The zero-order valence-electron chi connectivity index (χ0n) is 11.7. The Balaban J connectivity index is 2.19. The van der Waals surface area contributed by atoms with E-state index in [1.54, 1.807) is 43.7 Å². The van der Waals surface area contributed by atoms with Crippen molar-refractivity contribution in [2.24, 2.45) is 0 Å². The van der Waals surface area contributed by atoms with Crippen LogP contribution in [-0.2, 0) is 0 Å². The largest absolute Gasteiger partial charge is 0.386 e. The van der Waals surface area contributed by atoms with E-state index in [4.69, 9.17) is 23.2 Å². The topological polar surface area (TPSA) is 54.0 Å². The number of nitrogens with zero attached hydrogens (tertiary/aromatic N) is 1. The number of aromatic nitrogens is 1. The molecule has 0 spiro atoms. The molecular formula is C15H15Cl2N3O. The maximum Gasteiger partial charge on any atom is 0.253 e. The quantitative estimate of drug-likeness (QED) is 0.896. The summed E-state index contributed by atoms with van der Waals surface area (Å²) in [5.74, 6) is -0.194. The van der Waals surface area contributed by atoms with Gasteiger partial charge in [0.25, 0.3) is 5.91 Å². The third-order valence-electron chi connectivity index (χ3n) is 3.11. The van der Waals surface area contributed by atoms with Crippen molar-refractivity contribution in [2.45, 2.75) is 13.0 Å². The number of anilines is 1. The first-order valence-electron chi connectivity index (χ1n) is 6.40. The number of nitrogens with one attached hydrogen (secondary N) is 2. The van der Waals surface area contributed by atoms with Gasteiger partial charge in [0, 0.05) is 23.3 Å². The minimum atomic E-state index is -0.236. The third-order valence-corrected chi connectivity index (χ3v) is 3.67. The van der Waals surface area contributed by atoms with Crippen molar-refractivity contribution < 1.29 is 4.79 Å². The van der Waals surface area contributed by atoms with Crippen molar-refractivity contribution in [3.63, 3.8) is 0 Å². The Hall–Kier alpha value is -1.78. The summed E-state index contributed by atoms with van der Waals surface area (Å²) in [4.78, 5) is 16.3. The van der Waals surface area contributed by atoms with E-state index in [0.717, 1.165) is 5.56 Å². The number of hydrogen-bond acceptors (Lipinski definition) is 3. The normalized spacial score (nSPS) is 11.8. The van der Waals surface area contributed by atoms with E-state index in [9.17, 15) is 4.79 Å². The average Bonchev–Trinajstić information content (AvgIpc) is 2.46. The molecule has 0 saturated heterocycles. The van der Waals surface area contributed by atoms with Gasteiger partial charge in [-0.25, -0.2) is 0 Å². The Labute approximate surface area is 133 Å². The number of benzene rings is 1. The monoisotopic (exact) mass is 323 g/mol. The number of hydrogen-bond donors (Lipinski definition) is 2. The van der Waals surface area contributed by atoms with Gasteiger partial charge < -0.3 is 10.6 Å². The summed E-state index contributed by atoms with van der Waals surface area (Å²) < 4.78 is 0. The SMILES string of the molecule is CNc1cnccc1C(=O)NC(C)c1ccc(Cl)cc1Cl. The second-order valence-corrected chi connectivity index (χ2v) is 5.38. The van der Waals surface area contributed by atoms with Crippen molar-refractivity contribution in [1.29, 1.82) is 0 Å². The molecule has 1 amide bonds. The second kappa shape index (κ2) is 6.78. The molecule has 0 saturated carbocycles. The van der Waals surface area contributed by atoms with Crippen molar-refractivity contribution in [3.05, 3.63) is 57.8 Å². The van der Waals surface area contributed by atoms with Gasteiger partial charge in [0.15, 0.2) is 0 Å². The molecule has 1 unspecified atom stereocenters. The minimum Gasteiger partial charge on any atom is -0.386 e. The predicted molar refractivity (Wildman–Crippen MR) is 86.1 cm³/mol. The first kappa shape index (κ1) is 15.6. The van der Waals surface area contributed by atoms with Crippen LogP contribution in [0.1, 0.15) is 28.9 Å². The molecule has 4 nitrogen and oxygen atoms in total. The molecule has 1 heterocycles. The molecule has 0 fully saturated rings. The van der Waals surface area contributed by atoms with Crippen LogP contribution in [0.5, 0.6) is 0 Å². The van der Waals surface area contributed by atoms with Crippen molar-refractivity contribution in [3.8, 4) is 0 Å². The molecule has 2 rings (SSSR count). The molecule has 0 aliphatic rings. The fraction of sp³-hybridized carbons (Fsp3) is 0.200. The molecule has 2 N–H and O–H groups in total. The van der Waals surface area contributed by atoms with Crippen LogP contribution in [0.4, 0.5) is 5.69 Å². The predicted octanol–water partition coefficient (Wildman–Crippen LogP) is 3.92. The van der Waals surface area contributed by atoms with E-state index < -0.39 is 0 Å². The second-order valence-electron chi connectivity index (χ2n) is 4.53. The smallest absolute Gasteiger partial charge is 0.253 e. The first-order chi connectivity index (χ1) is 10.0. The van der Waals surface area contributed by atoms with E-state index in [-0.39, 0.29) is 11.9 Å². The van der Waals surface area contributed by atoms with E-state index in [0.29, 0.717) is 21.3 Å². The molecular weight excluding hydrogens is 309 g/mol. The minimum absolute atomic E-state index is 0.194. The Kier molecular flexibility index (Phi) is 5.04. The molecule has 6 heteroatoms. The lowest BCUT2D eigenvalue weighted by molar-refractivity contribution is 0.0940. The highest BCUT2D eigenvalue weighted by Gasteiger charge is 2.16. The lowest BCUT2D eigenvalue weighted by Gasteiger charge is -2.17. The van der Waals surface area contributed by atoms with E-state index >= 15 is 0 Å². The summed E-state index contributed by atoms with van der Waals surface area (Å²) in [6.07, 6.45) is 3.19. The van der Waals surface area contributed by atoms with Crippen LogP contribution in [0.25, 0.3) is 0 Å². The molecule has 0 bridgehead atoms. The molecule has 1 aromatic heterocycles. The summed E-state index contributed by atoms with van der Waals surface area (Å²) in [7, 11) is 1.74. The number of amides is 1. The lowest BCUT2D eigenvalue weighted by atomic mass is 10.1. The van der Waals surface area contributed by atoms with Crippen molar-refractivity contribution in [1.82, 2.24) is 10.3 Å². The van der Waals surface area contributed by atoms with E-state index in [1.807, 2.05) is 6.92 Å². The van der Waals surface area contributed by atoms with Gasteiger partial charge in [-0.05, 0) is 30.7 Å². The Morgan fingerprint density at radius 3 is 2.71 bits per heavy atom. The summed E-state index contributed by atoms with van der Waals surface area (Å²) in [6.45, 7) is 1.87. The molecule has 0 radical (unpaired) electrons. The fourth-order valence-corrected chi connectivity index (χ4v) is 2.57. The van der Waals surface area contributed by atoms with Crippen LogP contribution in [0.3, 0.4) is 0 Å². The maximum absolute atomic E-state index is 12.3. The zero-order chi connectivity index (χ0) is 15.4. The number of carbonyl (C=O) groups excluding carboxylic acids is 1. The summed E-state index contributed by atoms with van der Waals surface area (Å²) >= 11 is 12.0. The van der Waals surface area contributed by atoms with Gasteiger partial charge in [0.05, 0.1) is 23.5 Å².